The Morgan fingerprint density at radius 3 is 2.74 bits per heavy atom. The van der Waals surface area contributed by atoms with Crippen molar-refractivity contribution in [3.8, 4) is 45.6 Å². The Balaban J connectivity index is 1.55. The van der Waals surface area contributed by atoms with Crippen molar-refractivity contribution in [2.45, 2.75) is 0 Å². The molecule has 5 rings (SSSR count). The fourth-order valence-electron chi connectivity index (χ4n) is 2.93. The Morgan fingerprint density at radius 2 is 1.96 bits per heavy atom. The van der Waals surface area contributed by atoms with Crippen LogP contribution in [-0.4, -0.2) is 49.5 Å². The van der Waals surface area contributed by atoms with E-state index >= 15 is 0 Å². The van der Waals surface area contributed by atoms with Crippen LogP contribution in [0, 0.1) is 0 Å². The van der Waals surface area contributed by atoms with Crippen LogP contribution in [0.1, 0.15) is 0 Å². The molecule has 0 unspecified atom stereocenters. The molecule has 10 heteroatoms. The molecule has 2 aromatic heterocycles. The summed E-state index contributed by atoms with van der Waals surface area (Å²) >= 11 is 0. The first kappa shape index (κ1) is 15.3. The highest BCUT2D eigenvalue weighted by Crippen LogP contribution is 2.43. The molecule has 1 N–H and O–H groups in total. The number of nitrogens with one attached hydrogen (secondary N) is 1. The Labute approximate surface area is 152 Å². The Hall–Kier alpha value is -3.95. The number of rotatable bonds is 4. The van der Waals surface area contributed by atoms with Gasteiger partial charge in [-0.05, 0) is 5.21 Å². The third-order valence-corrected chi connectivity index (χ3v) is 4.22. The third kappa shape index (κ3) is 2.54. The molecule has 27 heavy (non-hydrogen) atoms. The van der Waals surface area contributed by atoms with Crippen LogP contribution < -0.4 is 14.2 Å². The van der Waals surface area contributed by atoms with Crippen LogP contribution in [0.4, 0.5) is 0 Å². The predicted octanol–water partition coefficient (Wildman–Crippen LogP) is 1.85. The number of nitrogens with zero attached hydrogens (tertiary/aromatic N) is 6. The normalized spacial score (nSPS) is 12.3. The number of aromatic nitrogens is 7. The summed E-state index contributed by atoms with van der Waals surface area (Å²) in [5.41, 5.74) is 3.36. The average molecular weight is 363 g/mol. The van der Waals surface area contributed by atoms with Gasteiger partial charge in [0.15, 0.2) is 11.5 Å². The summed E-state index contributed by atoms with van der Waals surface area (Å²) in [5, 5.41) is 22.2. The van der Waals surface area contributed by atoms with Crippen molar-refractivity contribution in [2.75, 3.05) is 13.9 Å². The summed E-state index contributed by atoms with van der Waals surface area (Å²) in [5.74, 6) is 2.31. The monoisotopic (exact) mass is 363 g/mol. The maximum atomic E-state index is 5.50. The highest BCUT2D eigenvalue weighted by atomic mass is 16.7. The van der Waals surface area contributed by atoms with Gasteiger partial charge in [0.2, 0.25) is 18.4 Å². The lowest BCUT2D eigenvalue weighted by Gasteiger charge is -2.10. The van der Waals surface area contributed by atoms with Crippen LogP contribution in [0.2, 0.25) is 0 Å². The number of tetrazole rings is 1. The molecule has 0 radical (unpaired) electrons. The van der Waals surface area contributed by atoms with E-state index in [2.05, 4.69) is 30.9 Å². The van der Waals surface area contributed by atoms with Crippen LogP contribution in [0.15, 0.2) is 42.6 Å². The molecule has 0 aliphatic carbocycles. The van der Waals surface area contributed by atoms with Crippen molar-refractivity contribution >= 4 is 0 Å². The van der Waals surface area contributed by atoms with E-state index in [-0.39, 0.29) is 6.79 Å². The fraction of sp³-hybridized carbons (Fsp3) is 0.118. The largest absolute Gasteiger partial charge is 0.493 e. The molecule has 0 spiro atoms. The van der Waals surface area contributed by atoms with Crippen molar-refractivity contribution in [3.05, 3.63) is 42.6 Å². The molecule has 0 amide bonds. The lowest BCUT2D eigenvalue weighted by Crippen LogP contribution is -2.00. The van der Waals surface area contributed by atoms with Crippen LogP contribution in [0.3, 0.4) is 0 Å². The summed E-state index contributed by atoms with van der Waals surface area (Å²) in [6.45, 7) is 0.164. The third-order valence-electron chi connectivity index (χ3n) is 4.22. The molecule has 0 atom stereocenters. The minimum absolute atomic E-state index is 0.164. The molecule has 1 aliphatic rings. The molecule has 134 valence electrons. The molecule has 0 saturated carbocycles. The second-order valence-electron chi connectivity index (χ2n) is 5.73. The van der Waals surface area contributed by atoms with Gasteiger partial charge in [0.05, 0.1) is 24.7 Å². The van der Waals surface area contributed by atoms with Gasteiger partial charge < -0.3 is 14.2 Å². The number of aromatic amines is 1. The van der Waals surface area contributed by atoms with Gasteiger partial charge in [-0.2, -0.15) is 5.21 Å². The zero-order valence-corrected chi connectivity index (χ0v) is 14.2. The zero-order chi connectivity index (χ0) is 18.2. The lowest BCUT2D eigenvalue weighted by molar-refractivity contribution is 0.171. The topological polar surface area (TPSA) is 113 Å². The molecule has 0 bridgehead atoms. The van der Waals surface area contributed by atoms with E-state index in [0.717, 1.165) is 22.5 Å². The zero-order valence-electron chi connectivity index (χ0n) is 14.2. The smallest absolute Gasteiger partial charge is 0.231 e. The van der Waals surface area contributed by atoms with E-state index in [9.17, 15) is 0 Å². The first-order valence-electron chi connectivity index (χ1n) is 8.06. The van der Waals surface area contributed by atoms with Gasteiger partial charge in [0, 0.05) is 23.3 Å². The van der Waals surface area contributed by atoms with Crippen LogP contribution >= 0.6 is 0 Å². The SMILES string of the molecule is COc1cc(-n2nncc2-c2ccc(-c3nn[nH]n3)cc2)cc2c1OCO2. The van der Waals surface area contributed by atoms with Crippen molar-refractivity contribution in [1.29, 1.82) is 0 Å². The van der Waals surface area contributed by atoms with Crippen LogP contribution in [-0.2, 0) is 0 Å². The standard InChI is InChI=1S/C17H13N7O3/c1-25-14-6-12(7-15-16(14)27-9-26-15)24-13(8-18-23-24)10-2-4-11(5-3-10)17-19-21-22-20-17/h2-8H,9H2,1H3,(H,19,20,21,22). The van der Waals surface area contributed by atoms with E-state index in [4.69, 9.17) is 14.2 Å². The minimum atomic E-state index is 0.164. The number of hydrogen-bond donors (Lipinski definition) is 1. The number of ether oxygens (including phenoxy) is 3. The molecule has 2 aromatic carbocycles. The number of fused-ring (bicyclic) bond motifs is 1. The van der Waals surface area contributed by atoms with Crippen LogP contribution in [0.5, 0.6) is 17.2 Å². The fourth-order valence-corrected chi connectivity index (χ4v) is 2.93. The van der Waals surface area contributed by atoms with Crippen molar-refractivity contribution in [1.82, 2.24) is 35.6 Å². The van der Waals surface area contributed by atoms with Gasteiger partial charge in [-0.3, -0.25) is 0 Å². The highest BCUT2D eigenvalue weighted by Gasteiger charge is 2.22. The maximum Gasteiger partial charge on any atom is 0.231 e. The average Bonchev–Trinajstić information content (AvgIpc) is 3.48. The van der Waals surface area contributed by atoms with Gasteiger partial charge in [0.1, 0.15) is 0 Å². The van der Waals surface area contributed by atoms with Crippen LogP contribution in [0.25, 0.3) is 28.3 Å². The summed E-state index contributed by atoms with van der Waals surface area (Å²) in [6.07, 6.45) is 1.69. The Bertz CT molecular complexity index is 1090. The summed E-state index contributed by atoms with van der Waals surface area (Å²) < 4.78 is 18.1. The van der Waals surface area contributed by atoms with Crippen molar-refractivity contribution in [3.63, 3.8) is 0 Å². The maximum absolute atomic E-state index is 5.50. The molecule has 0 saturated heterocycles. The number of H-pyrrole nitrogens is 1. The second-order valence-corrected chi connectivity index (χ2v) is 5.73. The van der Waals surface area contributed by atoms with Gasteiger partial charge >= 0.3 is 0 Å². The van der Waals surface area contributed by atoms with E-state index in [1.165, 1.54) is 0 Å². The Kier molecular flexibility index (Phi) is 3.46. The van der Waals surface area contributed by atoms with Gasteiger partial charge in [-0.1, -0.05) is 29.5 Å². The summed E-state index contributed by atoms with van der Waals surface area (Å²) in [7, 11) is 1.58. The second kappa shape index (κ2) is 6.09. The molecule has 4 aromatic rings. The van der Waals surface area contributed by atoms with E-state index in [1.54, 1.807) is 18.0 Å². The Morgan fingerprint density at radius 1 is 1.11 bits per heavy atom. The van der Waals surface area contributed by atoms with Gasteiger partial charge in [0.25, 0.3) is 0 Å². The van der Waals surface area contributed by atoms with Gasteiger partial charge in [-0.25, -0.2) is 4.68 Å². The molecule has 0 fully saturated rings. The first-order chi connectivity index (χ1) is 13.3. The molecular weight excluding hydrogens is 350 g/mol. The summed E-state index contributed by atoms with van der Waals surface area (Å²) in [4.78, 5) is 0. The van der Waals surface area contributed by atoms with E-state index < -0.39 is 0 Å². The quantitative estimate of drug-likeness (QED) is 0.584. The number of benzene rings is 2. The number of hydrogen-bond acceptors (Lipinski definition) is 8. The van der Waals surface area contributed by atoms with Crippen molar-refractivity contribution in [2.24, 2.45) is 0 Å². The minimum Gasteiger partial charge on any atom is -0.493 e. The summed E-state index contributed by atoms with van der Waals surface area (Å²) in [6, 6.07) is 11.4. The molecule has 1 aliphatic heterocycles. The van der Waals surface area contributed by atoms with E-state index in [1.807, 2.05) is 36.4 Å². The van der Waals surface area contributed by atoms with E-state index in [0.29, 0.717) is 23.1 Å². The first-order valence-corrected chi connectivity index (χ1v) is 8.06. The molecule has 10 nitrogen and oxygen atoms in total. The van der Waals surface area contributed by atoms with Crippen molar-refractivity contribution < 1.29 is 14.2 Å². The molecular formula is C17H13N7O3. The van der Waals surface area contributed by atoms with Gasteiger partial charge in [-0.15, -0.1) is 15.3 Å². The number of methoxy groups -OCH3 is 1. The highest BCUT2D eigenvalue weighted by molar-refractivity contribution is 5.67. The predicted molar refractivity (Wildman–Crippen MR) is 92.6 cm³/mol. The lowest BCUT2D eigenvalue weighted by atomic mass is 10.1. The molecule has 3 heterocycles.